The van der Waals surface area contributed by atoms with E-state index in [1.807, 2.05) is 6.07 Å². The minimum absolute atomic E-state index is 0.0774. The van der Waals surface area contributed by atoms with E-state index in [1.54, 1.807) is 12.1 Å². The summed E-state index contributed by atoms with van der Waals surface area (Å²) in [5, 5.41) is 13.1. The molecule has 0 heterocycles. The van der Waals surface area contributed by atoms with Crippen molar-refractivity contribution in [2.45, 2.75) is 50.7 Å². The molecule has 1 aromatic carbocycles. The molecule has 1 aromatic rings. The molecule has 2 N–H and O–H groups in total. The number of hydrogen-bond donors (Lipinski definition) is 2. The van der Waals surface area contributed by atoms with Gasteiger partial charge in [-0.2, -0.15) is 0 Å². The first kappa shape index (κ1) is 13.1. The molecule has 0 spiro atoms. The molecule has 2 aliphatic rings. The summed E-state index contributed by atoms with van der Waals surface area (Å²) in [4.78, 5) is 0. The Hall–Kier alpha value is -0.930. The average Bonchev–Trinajstić information content (AvgIpc) is 2.80. The fourth-order valence-electron chi connectivity index (χ4n) is 3.46. The van der Waals surface area contributed by atoms with E-state index in [0.717, 1.165) is 50.6 Å². The van der Waals surface area contributed by atoms with Crippen LogP contribution in [0, 0.1) is 11.7 Å². The molecule has 0 aliphatic heterocycles. The predicted octanol–water partition coefficient (Wildman–Crippen LogP) is 2.95. The maximum Gasteiger partial charge on any atom is 0.123 e. The first-order valence-corrected chi connectivity index (χ1v) is 7.42. The number of benzene rings is 1. The van der Waals surface area contributed by atoms with E-state index < -0.39 is 0 Å². The van der Waals surface area contributed by atoms with Crippen molar-refractivity contribution in [3.8, 4) is 0 Å². The van der Waals surface area contributed by atoms with Crippen molar-refractivity contribution in [2.24, 2.45) is 5.92 Å². The second-order valence-corrected chi connectivity index (χ2v) is 6.02. The van der Waals surface area contributed by atoms with Gasteiger partial charge in [0, 0.05) is 6.04 Å². The van der Waals surface area contributed by atoms with Crippen molar-refractivity contribution in [3.63, 3.8) is 0 Å². The van der Waals surface area contributed by atoms with Gasteiger partial charge in [-0.15, -0.1) is 0 Å². The Kier molecular flexibility index (Phi) is 3.85. The number of rotatable bonds is 3. The van der Waals surface area contributed by atoms with Gasteiger partial charge in [0.25, 0.3) is 0 Å². The van der Waals surface area contributed by atoms with Crippen LogP contribution >= 0.6 is 0 Å². The number of aliphatic hydroxyl groups excluding tert-OH is 1. The largest absolute Gasteiger partial charge is 0.393 e. The summed E-state index contributed by atoms with van der Waals surface area (Å²) in [5.41, 5.74) is 2.44. The highest BCUT2D eigenvalue weighted by Crippen LogP contribution is 2.32. The highest BCUT2D eigenvalue weighted by Gasteiger charge is 2.24. The number of halogens is 1. The summed E-state index contributed by atoms with van der Waals surface area (Å²) in [6, 6.07) is 5.56. The van der Waals surface area contributed by atoms with E-state index >= 15 is 0 Å². The van der Waals surface area contributed by atoms with Gasteiger partial charge < -0.3 is 10.4 Å². The minimum Gasteiger partial charge on any atom is -0.393 e. The lowest BCUT2D eigenvalue weighted by Gasteiger charge is -2.27. The van der Waals surface area contributed by atoms with Crippen LogP contribution in [0.2, 0.25) is 0 Å². The molecule has 2 nitrogen and oxygen atoms in total. The lowest BCUT2D eigenvalue weighted by atomic mass is 9.87. The molecule has 0 saturated heterocycles. The normalized spacial score (nSPS) is 30.3. The van der Waals surface area contributed by atoms with Crippen molar-refractivity contribution in [1.82, 2.24) is 5.32 Å². The van der Waals surface area contributed by atoms with E-state index in [9.17, 15) is 9.50 Å². The molecular weight excluding hydrogens is 241 g/mol. The summed E-state index contributed by atoms with van der Waals surface area (Å²) in [6.07, 6.45) is 6.11. The summed E-state index contributed by atoms with van der Waals surface area (Å²) >= 11 is 0. The lowest BCUT2D eigenvalue weighted by molar-refractivity contribution is 0.107. The Labute approximate surface area is 114 Å². The number of aryl methyl sites for hydroxylation is 1. The molecule has 1 fully saturated rings. The standard InChI is InChI=1S/C16H22FNO/c17-13-4-7-15-12(9-13)3-8-16(15)18-10-11-1-5-14(19)6-2-11/h4,7,9,11,14,16,18-19H,1-3,5-6,8,10H2. The molecule has 104 valence electrons. The van der Waals surface area contributed by atoms with Crippen molar-refractivity contribution in [2.75, 3.05) is 6.54 Å². The summed E-state index contributed by atoms with van der Waals surface area (Å²) < 4.78 is 13.2. The highest BCUT2D eigenvalue weighted by atomic mass is 19.1. The maximum atomic E-state index is 13.2. The monoisotopic (exact) mass is 263 g/mol. The van der Waals surface area contributed by atoms with E-state index in [4.69, 9.17) is 0 Å². The Morgan fingerprint density at radius 3 is 2.74 bits per heavy atom. The summed E-state index contributed by atoms with van der Waals surface area (Å²) in [6.45, 7) is 1.02. The second-order valence-electron chi connectivity index (χ2n) is 6.02. The number of hydrogen-bond acceptors (Lipinski definition) is 2. The number of aliphatic hydroxyl groups is 1. The van der Waals surface area contributed by atoms with Gasteiger partial charge in [0.05, 0.1) is 6.10 Å². The van der Waals surface area contributed by atoms with Crippen molar-refractivity contribution >= 4 is 0 Å². The third-order valence-electron chi connectivity index (χ3n) is 4.65. The SMILES string of the molecule is OC1CCC(CNC2CCc3cc(F)ccc32)CC1. The molecule has 19 heavy (non-hydrogen) atoms. The van der Waals surface area contributed by atoms with Crippen LogP contribution in [-0.4, -0.2) is 17.8 Å². The molecule has 1 saturated carbocycles. The summed E-state index contributed by atoms with van der Waals surface area (Å²) in [7, 11) is 0. The Morgan fingerprint density at radius 2 is 1.95 bits per heavy atom. The third-order valence-corrected chi connectivity index (χ3v) is 4.65. The predicted molar refractivity (Wildman–Crippen MR) is 73.4 cm³/mol. The lowest BCUT2D eigenvalue weighted by Crippen LogP contribution is -2.30. The molecule has 0 bridgehead atoms. The highest BCUT2D eigenvalue weighted by molar-refractivity contribution is 5.34. The van der Waals surface area contributed by atoms with Crippen LogP contribution in [0.25, 0.3) is 0 Å². The zero-order valence-electron chi connectivity index (χ0n) is 11.2. The van der Waals surface area contributed by atoms with Gasteiger partial charge in [-0.3, -0.25) is 0 Å². The van der Waals surface area contributed by atoms with Crippen LogP contribution in [0.4, 0.5) is 4.39 Å². The van der Waals surface area contributed by atoms with E-state index in [2.05, 4.69) is 5.32 Å². The molecular formula is C16H22FNO. The summed E-state index contributed by atoms with van der Waals surface area (Å²) in [5.74, 6) is 0.563. The fraction of sp³-hybridized carbons (Fsp3) is 0.625. The van der Waals surface area contributed by atoms with E-state index in [1.165, 1.54) is 5.56 Å². The van der Waals surface area contributed by atoms with Crippen molar-refractivity contribution < 1.29 is 9.50 Å². The maximum absolute atomic E-state index is 13.2. The van der Waals surface area contributed by atoms with Gasteiger partial charge in [-0.1, -0.05) is 6.07 Å². The van der Waals surface area contributed by atoms with Crippen LogP contribution in [0.5, 0.6) is 0 Å². The number of fused-ring (bicyclic) bond motifs is 1. The van der Waals surface area contributed by atoms with Gasteiger partial charge in [0.1, 0.15) is 5.82 Å². The molecule has 0 amide bonds. The molecule has 0 radical (unpaired) electrons. The first-order valence-electron chi connectivity index (χ1n) is 7.42. The molecule has 3 rings (SSSR count). The van der Waals surface area contributed by atoms with Crippen LogP contribution < -0.4 is 5.32 Å². The molecule has 3 heteroatoms. The van der Waals surface area contributed by atoms with Crippen LogP contribution in [0.3, 0.4) is 0 Å². The Bertz CT molecular complexity index is 440. The Morgan fingerprint density at radius 1 is 1.16 bits per heavy atom. The first-order chi connectivity index (χ1) is 9.22. The van der Waals surface area contributed by atoms with Gasteiger partial charge >= 0.3 is 0 Å². The zero-order chi connectivity index (χ0) is 13.2. The third kappa shape index (κ3) is 2.98. The molecule has 2 aliphatic carbocycles. The van der Waals surface area contributed by atoms with Crippen LogP contribution in [0.15, 0.2) is 18.2 Å². The van der Waals surface area contributed by atoms with Gasteiger partial charge in [0.2, 0.25) is 0 Å². The van der Waals surface area contributed by atoms with Gasteiger partial charge in [-0.25, -0.2) is 4.39 Å². The molecule has 1 unspecified atom stereocenters. The molecule has 1 atom stereocenters. The minimum atomic E-state index is -0.124. The van der Waals surface area contributed by atoms with Crippen molar-refractivity contribution in [3.05, 3.63) is 35.1 Å². The fourth-order valence-corrected chi connectivity index (χ4v) is 3.46. The topological polar surface area (TPSA) is 32.3 Å². The van der Waals surface area contributed by atoms with E-state index in [0.29, 0.717) is 12.0 Å². The van der Waals surface area contributed by atoms with E-state index in [-0.39, 0.29) is 11.9 Å². The van der Waals surface area contributed by atoms with Gasteiger partial charge in [0.15, 0.2) is 0 Å². The number of nitrogens with one attached hydrogen (secondary N) is 1. The zero-order valence-corrected chi connectivity index (χ0v) is 11.2. The van der Waals surface area contributed by atoms with Crippen molar-refractivity contribution in [1.29, 1.82) is 0 Å². The smallest absolute Gasteiger partial charge is 0.123 e. The Balaban J connectivity index is 1.55. The average molecular weight is 263 g/mol. The van der Waals surface area contributed by atoms with Gasteiger partial charge in [-0.05, 0) is 74.2 Å². The van der Waals surface area contributed by atoms with Crippen LogP contribution in [0.1, 0.15) is 49.3 Å². The van der Waals surface area contributed by atoms with Crippen LogP contribution in [-0.2, 0) is 6.42 Å². The second kappa shape index (κ2) is 5.59. The quantitative estimate of drug-likeness (QED) is 0.878. The molecule has 0 aromatic heterocycles.